The quantitative estimate of drug-likeness (QED) is 0.430. The molecule has 1 aliphatic rings. The van der Waals surface area contributed by atoms with Crippen LogP contribution in [-0.4, -0.2) is 12.2 Å². The Bertz CT molecular complexity index is 465. The number of aliphatic hydroxyl groups is 1. The van der Waals surface area contributed by atoms with Crippen molar-refractivity contribution in [3.05, 3.63) is 64.6 Å². The minimum absolute atomic E-state index is 0.455. The molecule has 0 heterocycles. The molecule has 0 bridgehead atoms. The molecule has 1 nitrogen and oxygen atoms in total. The van der Waals surface area contributed by atoms with Gasteiger partial charge < -0.3 is 11.0 Å². The van der Waals surface area contributed by atoms with Gasteiger partial charge in [-0.05, 0) is 26.3 Å². The monoisotopic (exact) mass is 390 g/mol. The summed E-state index contributed by atoms with van der Waals surface area (Å²) in [6.45, 7) is 12.8. The van der Waals surface area contributed by atoms with Crippen LogP contribution >= 0.6 is 18.6 Å². The van der Waals surface area contributed by atoms with Crippen molar-refractivity contribution in [3.8, 4) is 0 Å². The number of halogens is 2. The molecule has 1 aromatic carbocycles. The first-order valence-corrected chi connectivity index (χ1v) is 11.6. The topological polar surface area (TPSA) is 20.2 Å². The molecule has 1 unspecified atom stereocenters. The van der Waals surface area contributed by atoms with E-state index in [0.29, 0.717) is 5.92 Å². The predicted molar refractivity (Wildman–Crippen MR) is 100 cm³/mol. The Kier molecular flexibility index (Phi) is 17.0. The predicted octanol–water partition coefficient (Wildman–Crippen LogP) is 6.47. The second-order valence-corrected chi connectivity index (χ2v) is 8.10. The van der Waals surface area contributed by atoms with Crippen molar-refractivity contribution < 1.29 is 22.1 Å². The second kappa shape index (κ2) is 15.5. The Balaban J connectivity index is 0. The summed E-state index contributed by atoms with van der Waals surface area (Å²) < 4.78 is 0. The molecular formula is C19H28Cl2OTi-2. The fraction of sp³-hybridized carbons (Fsp3) is 0.421. The molecule has 0 spiro atoms. The van der Waals surface area contributed by atoms with E-state index in [1.165, 1.54) is 28.2 Å². The van der Waals surface area contributed by atoms with Crippen LogP contribution in [0.1, 0.15) is 53.0 Å². The van der Waals surface area contributed by atoms with E-state index in [2.05, 4.69) is 65.8 Å². The van der Waals surface area contributed by atoms with Gasteiger partial charge in [0.15, 0.2) is 0 Å². The molecule has 1 aromatic rings. The van der Waals surface area contributed by atoms with Crippen LogP contribution in [0.5, 0.6) is 0 Å². The molecule has 0 fully saturated rings. The third-order valence-electron chi connectivity index (χ3n) is 3.13. The fourth-order valence-electron chi connectivity index (χ4n) is 1.97. The van der Waals surface area contributed by atoms with Crippen molar-refractivity contribution in [2.75, 3.05) is 7.11 Å². The zero-order valence-corrected chi connectivity index (χ0v) is 18.2. The molecule has 0 aromatic heterocycles. The van der Waals surface area contributed by atoms with Gasteiger partial charge in [-0.3, -0.25) is 0 Å². The third kappa shape index (κ3) is 11.2. The normalized spacial score (nSPS) is 15.4. The first-order valence-electron chi connectivity index (χ1n) is 7.35. The molecule has 2 rings (SSSR count). The maximum absolute atomic E-state index is 7.00. The molecule has 130 valence electrons. The van der Waals surface area contributed by atoms with E-state index in [0.717, 1.165) is 7.11 Å². The van der Waals surface area contributed by atoms with Crippen LogP contribution in [0.2, 0.25) is 0 Å². The third-order valence-corrected chi connectivity index (χ3v) is 3.13. The molecular weight excluding hydrogens is 363 g/mol. The van der Waals surface area contributed by atoms with Crippen molar-refractivity contribution in [2.45, 2.75) is 47.5 Å². The SMILES string of the molecule is CC1=CC(c2[c-]cccc2)C(C)=C1C.CO.C[C-](C)C.[Cl][Ti][Cl]. The Morgan fingerprint density at radius 1 is 1.09 bits per heavy atom. The standard InChI is InChI=1S/C14H15.C4H9.CH4O.2ClH.Ti/c1-10-9-14(12(3)11(10)2)13-7-5-4-6-8-13;1-4(2)3;1-2;;;/h4-7,9,14H,1-3H3;1-3H3;2H,1H3;2*1H;/q2*-1;;;;+2/p-2. The molecule has 4 heteroatoms. The van der Waals surface area contributed by atoms with Crippen LogP contribution in [0.15, 0.2) is 47.1 Å². The average molecular weight is 391 g/mol. The molecule has 0 saturated heterocycles. The molecule has 1 aliphatic carbocycles. The number of rotatable bonds is 1. The number of allylic oxidation sites excluding steroid dienone is 4. The number of benzene rings is 1. The first-order chi connectivity index (χ1) is 10.8. The zero-order chi connectivity index (χ0) is 18.4. The summed E-state index contributed by atoms with van der Waals surface area (Å²) in [5.74, 6) is 1.87. The summed E-state index contributed by atoms with van der Waals surface area (Å²) in [4.78, 5) is 0. The van der Waals surface area contributed by atoms with Crippen molar-refractivity contribution in [3.63, 3.8) is 0 Å². The van der Waals surface area contributed by atoms with Crippen molar-refractivity contribution in [2.24, 2.45) is 0 Å². The Morgan fingerprint density at radius 2 is 1.57 bits per heavy atom. The first kappa shape index (κ1) is 25.2. The summed E-state index contributed by atoms with van der Waals surface area (Å²) >= 11 is -0.556. The van der Waals surface area contributed by atoms with Gasteiger partial charge >= 0.3 is 35.6 Å². The van der Waals surface area contributed by atoms with E-state index in [-0.39, 0.29) is 0 Å². The van der Waals surface area contributed by atoms with Gasteiger partial charge in [0.2, 0.25) is 0 Å². The summed E-state index contributed by atoms with van der Waals surface area (Å²) in [5.41, 5.74) is 5.59. The zero-order valence-electron chi connectivity index (χ0n) is 15.2. The molecule has 0 saturated carbocycles. The number of hydrogen-bond donors (Lipinski definition) is 1. The summed E-state index contributed by atoms with van der Waals surface area (Å²) in [6, 6.07) is 11.5. The van der Waals surface area contributed by atoms with Gasteiger partial charge in [0.05, 0.1) is 0 Å². The van der Waals surface area contributed by atoms with Gasteiger partial charge in [-0.2, -0.15) is 56.7 Å². The van der Waals surface area contributed by atoms with Gasteiger partial charge in [0.1, 0.15) is 0 Å². The van der Waals surface area contributed by atoms with E-state index in [9.17, 15) is 0 Å². The minimum atomic E-state index is -0.556. The summed E-state index contributed by atoms with van der Waals surface area (Å²) in [6.07, 6.45) is 2.33. The van der Waals surface area contributed by atoms with Crippen LogP contribution in [0.3, 0.4) is 0 Å². The van der Waals surface area contributed by atoms with Gasteiger partial charge in [-0.25, -0.2) is 0 Å². The summed E-state index contributed by atoms with van der Waals surface area (Å²) in [5, 5.41) is 7.00. The maximum atomic E-state index is 7.00. The van der Waals surface area contributed by atoms with E-state index in [1.807, 2.05) is 12.1 Å². The molecule has 1 N–H and O–H groups in total. The summed E-state index contributed by atoms with van der Waals surface area (Å²) in [7, 11) is 10.8. The number of aliphatic hydroxyl groups excluding tert-OH is 1. The number of hydrogen-bond acceptors (Lipinski definition) is 1. The van der Waals surface area contributed by atoms with Crippen LogP contribution in [0, 0.1) is 12.0 Å². The fourth-order valence-corrected chi connectivity index (χ4v) is 1.97. The van der Waals surface area contributed by atoms with E-state index >= 15 is 0 Å². The van der Waals surface area contributed by atoms with Gasteiger partial charge in [0.25, 0.3) is 0 Å². The van der Waals surface area contributed by atoms with E-state index in [1.54, 1.807) is 0 Å². The Labute approximate surface area is 159 Å². The van der Waals surface area contributed by atoms with Gasteiger partial charge in [0, 0.05) is 13.0 Å². The van der Waals surface area contributed by atoms with E-state index in [4.69, 9.17) is 23.7 Å². The van der Waals surface area contributed by atoms with Gasteiger partial charge in [-0.1, -0.05) is 17.2 Å². The van der Waals surface area contributed by atoms with Crippen LogP contribution < -0.4 is 0 Å². The molecule has 0 aliphatic heterocycles. The van der Waals surface area contributed by atoms with Crippen molar-refractivity contribution in [1.82, 2.24) is 0 Å². The van der Waals surface area contributed by atoms with Crippen LogP contribution in [0.4, 0.5) is 0 Å². The van der Waals surface area contributed by atoms with Crippen molar-refractivity contribution >= 4 is 18.6 Å². The second-order valence-electron chi connectivity index (χ2n) is 5.52. The Hall–Kier alpha value is -0.0457. The van der Waals surface area contributed by atoms with Crippen LogP contribution in [-0.2, 0) is 17.0 Å². The Morgan fingerprint density at radius 3 is 1.87 bits per heavy atom. The van der Waals surface area contributed by atoms with E-state index < -0.39 is 17.0 Å². The van der Waals surface area contributed by atoms with Crippen LogP contribution in [0.25, 0.3) is 0 Å². The molecule has 1 atom stereocenters. The molecule has 23 heavy (non-hydrogen) atoms. The van der Waals surface area contributed by atoms with Gasteiger partial charge in [-0.15, -0.1) is 0 Å². The van der Waals surface area contributed by atoms with Crippen molar-refractivity contribution in [1.29, 1.82) is 0 Å². The molecule has 0 radical (unpaired) electrons. The average Bonchev–Trinajstić information content (AvgIpc) is 2.78. The molecule has 0 amide bonds.